The number of aromatic nitrogens is 3. The summed E-state index contributed by atoms with van der Waals surface area (Å²) in [5.74, 6) is 1.80. The van der Waals surface area contributed by atoms with Crippen LogP contribution in [-0.2, 0) is 0 Å². The van der Waals surface area contributed by atoms with Gasteiger partial charge < -0.3 is 10.6 Å². The van der Waals surface area contributed by atoms with Crippen LogP contribution in [0.1, 0.15) is 27.7 Å². The van der Waals surface area contributed by atoms with E-state index in [-0.39, 0.29) is 0 Å². The fraction of sp³-hybridized carbons (Fsp3) is 0.727. The molecule has 6 heteroatoms. The van der Waals surface area contributed by atoms with Crippen LogP contribution in [0.4, 0.5) is 11.9 Å². The quantitative estimate of drug-likeness (QED) is 0.697. The Kier molecular flexibility index (Phi) is 4.93. The summed E-state index contributed by atoms with van der Waals surface area (Å²) in [6.07, 6.45) is 0. The van der Waals surface area contributed by atoms with Gasteiger partial charge in [-0.05, 0) is 11.8 Å². The molecule has 0 saturated carbocycles. The van der Waals surface area contributed by atoms with Crippen molar-refractivity contribution >= 4 is 11.9 Å². The van der Waals surface area contributed by atoms with Gasteiger partial charge >= 0.3 is 5.69 Å². The highest BCUT2D eigenvalue weighted by Crippen LogP contribution is 2.02. The summed E-state index contributed by atoms with van der Waals surface area (Å²) < 4.78 is 0. The van der Waals surface area contributed by atoms with Gasteiger partial charge in [-0.25, -0.2) is 4.79 Å². The summed E-state index contributed by atoms with van der Waals surface area (Å²) in [5, 5.41) is 6.10. The fourth-order valence-electron chi connectivity index (χ4n) is 1.14. The number of rotatable bonds is 6. The third-order valence-electron chi connectivity index (χ3n) is 2.00. The number of hydrogen-bond donors (Lipinski definition) is 3. The molecule has 96 valence electrons. The van der Waals surface area contributed by atoms with Crippen LogP contribution in [0, 0.1) is 11.8 Å². The monoisotopic (exact) mass is 239 g/mol. The molecule has 0 aromatic carbocycles. The SMILES string of the molecule is CC(C)CNc1nc(NCC(C)C)[nH]c(=O)n1. The van der Waals surface area contributed by atoms with E-state index in [2.05, 4.69) is 53.3 Å². The highest BCUT2D eigenvalue weighted by atomic mass is 16.1. The Bertz CT molecular complexity index is 366. The minimum atomic E-state index is -0.391. The molecule has 0 aliphatic carbocycles. The lowest BCUT2D eigenvalue weighted by Gasteiger charge is -2.10. The molecule has 0 amide bonds. The van der Waals surface area contributed by atoms with Gasteiger partial charge in [0.15, 0.2) is 0 Å². The zero-order valence-corrected chi connectivity index (χ0v) is 10.9. The number of nitrogens with one attached hydrogen (secondary N) is 3. The lowest BCUT2D eigenvalue weighted by atomic mass is 10.2. The largest absolute Gasteiger partial charge is 0.355 e. The topological polar surface area (TPSA) is 82.7 Å². The normalized spacial score (nSPS) is 10.9. The van der Waals surface area contributed by atoms with Crippen molar-refractivity contribution in [3.63, 3.8) is 0 Å². The summed E-state index contributed by atoms with van der Waals surface area (Å²) in [7, 11) is 0. The van der Waals surface area contributed by atoms with Crippen LogP contribution < -0.4 is 16.3 Å². The first kappa shape index (κ1) is 13.5. The maximum Gasteiger partial charge on any atom is 0.350 e. The van der Waals surface area contributed by atoms with Gasteiger partial charge in [0, 0.05) is 13.1 Å². The summed E-state index contributed by atoms with van der Waals surface area (Å²) in [6.45, 7) is 9.84. The highest BCUT2D eigenvalue weighted by molar-refractivity contribution is 5.32. The van der Waals surface area contributed by atoms with Crippen molar-refractivity contribution in [2.24, 2.45) is 11.8 Å². The van der Waals surface area contributed by atoms with E-state index in [1.54, 1.807) is 0 Å². The minimum Gasteiger partial charge on any atom is -0.355 e. The van der Waals surface area contributed by atoms with Crippen molar-refractivity contribution < 1.29 is 0 Å². The van der Waals surface area contributed by atoms with Gasteiger partial charge in [0.2, 0.25) is 11.9 Å². The van der Waals surface area contributed by atoms with Crippen molar-refractivity contribution in [1.29, 1.82) is 0 Å². The molecule has 1 aromatic heterocycles. The molecule has 0 bridgehead atoms. The second kappa shape index (κ2) is 6.22. The Hall–Kier alpha value is -1.59. The molecule has 1 heterocycles. The third kappa shape index (κ3) is 5.33. The van der Waals surface area contributed by atoms with Gasteiger partial charge in [-0.1, -0.05) is 27.7 Å². The number of nitrogens with zero attached hydrogens (tertiary/aromatic N) is 2. The van der Waals surface area contributed by atoms with E-state index in [1.165, 1.54) is 0 Å². The lowest BCUT2D eigenvalue weighted by Crippen LogP contribution is -2.21. The van der Waals surface area contributed by atoms with Gasteiger partial charge in [0.1, 0.15) is 0 Å². The van der Waals surface area contributed by atoms with Crippen molar-refractivity contribution in [2.45, 2.75) is 27.7 Å². The van der Waals surface area contributed by atoms with Crippen LogP contribution in [0.5, 0.6) is 0 Å². The van der Waals surface area contributed by atoms with Gasteiger partial charge in [-0.2, -0.15) is 9.97 Å². The Labute approximate surface area is 101 Å². The Balaban J connectivity index is 2.69. The molecule has 0 atom stereocenters. The molecule has 3 N–H and O–H groups in total. The zero-order chi connectivity index (χ0) is 12.8. The molecule has 6 nitrogen and oxygen atoms in total. The first-order chi connectivity index (χ1) is 7.97. The molecule has 0 radical (unpaired) electrons. The van der Waals surface area contributed by atoms with E-state index in [9.17, 15) is 4.79 Å². The predicted molar refractivity (Wildman–Crippen MR) is 69.3 cm³/mol. The molecule has 1 aromatic rings. The Morgan fingerprint density at radius 2 is 1.65 bits per heavy atom. The van der Waals surface area contributed by atoms with Crippen LogP contribution in [0.15, 0.2) is 4.79 Å². The highest BCUT2D eigenvalue weighted by Gasteiger charge is 2.03. The van der Waals surface area contributed by atoms with Crippen molar-refractivity contribution in [1.82, 2.24) is 15.0 Å². The van der Waals surface area contributed by atoms with Crippen LogP contribution >= 0.6 is 0 Å². The Morgan fingerprint density at radius 3 is 2.24 bits per heavy atom. The van der Waals surface area contributed by atoms with Gasteiger partial charge in [-0.15, -0.1) is 0 Å². The van der Waals surface area contributed by atoms with E-state index in [0.29, 0.717) is 23.7 Å². The van der Waals surface area contributed by atoms with Crippen molar-refractivity contribution in [3.8, 4) is 0 Å². The van der Waals surface area contributed by atoms with Crippen molar-refractivity contribution in [3.05, 3.63) is 10.5 Å². The number of H-pyrrole nitrogens is 1. The molecular formula is C11H21N5O. The average Bonchev–Trinajstić information content (AvgIpc) is 2.23. The summed E-state index contributed by atoms with van der Waals surface area (Å²) in [6, 6.07) is 0. The smallest absolute Gasteiger partial charge is 0.350 e. The first-order valence-corrected chi connectivity index (χ1v) is 5.93. The second-order valence-electron chi connectivity index (χ2n) is 4.88. The van der Waals surface area contributed by atoms with Crippen LogP contribution in [-0.4, -0.2) is 28.0 Å². The van der Waals surface area contributed by atoms with E-state index in [0.717, 1.165) is 13.1 Å². The average molecular weight is 239 g/mol. The lowest BCUT2D eigenvalue weighted by molar-refractivity contribution is 0.677. The third-order valence-corrected chi connectivity index (χ3v) is 2.00. The van der Waals surface area contributed by atoms with E-state index >= 15 is 0 Å². The molecule has 1 rings (SSSR count). The molecule has 17 heavy (non-hydrogen) atoms. The first-order valence-electron chi connectivity index (χ1n) is 5.93. The van der Waals surface area contributed by atoms with E-state index < -0.39 is 5.69 Å². The van der Waals surface area contributed by atoms with Gasteiger partial charge in [0.05, 0.1) is 0 Å². The zero-order valence-electron chi connectivity index (χ0n) is 10.9. The van der Waals surface area contributed by atoms with E-state index in [1.807, 2.05) is 0 Å². The summed E-state index contributed by atoms with van der Waals surface area (Å²) in [4.78, 5) is 21.8. The molecular weight excluding hydrogens is 218 g/mol. The maximum absolute atomic E-state index is 11.3. The summed E-state index contributed by atoms with van der Waals surface area (Å²) in [5.41, 5.74) is -0.391. The minimum absolute atomic E-state index is 0.369. The molecule has 0 aliphatic rings. The van der Waals surface area contributed by atoms with Crippen molar-refractivity contribution in [2.75, 3.05) is 23.7 Å². The number of hydrogen-bond acceptors (Lipinski definition) is 5. The standard InChI is InChI=1S/C11H21N5O/c1-7(2)5-12-9-14-10(13-6-8(3)4)16-11(17)15-9/h7-8H,5-6H2,1-4H3,(H3,12,13,14,15,16,17). The van der Waals surface area contributed by atoms with Gasteiger partial charge in [0.25, 0.3) is 0 Å². The number of aromatic amines is 1. The molecule has 0 unspecified atom stereocenters. The fourth-order valence-corrected chi connectivity index (χ4v) is 1.14. The van der Waals surface area contributed by atoms with E-state index in [4.69, 9.17) is 0 Å². The number of anilines is 2. The van der Waals surface area contributed by atoms with Crippen LogP contribution in [0.2, 0.25) is 0 Å². The molecule has 0 aliphatic heterocycles. The maximum atomic E-state index is 11.3. The summed E-state index contributed by atoms with van der Waals surface area (Å²) >= 11 is 0. The van der Waals surface area contributed by atoms with Crippen LogP contribution in [0.3, 0.4) is 0 Å². The molecule has 0 spiro atoms. The predicted octanol–water partition coefficient (Wildman–Crippen LogP) is 1.30. The molecule has 0 fully saturated rings. The molecule has 0 saturated heterocycles. The van der Waals surface area contributed by atoms with Gasteiger partial charge in [-0.3, -0.25) is 4.98 Å². The van der Waals surface area contributed by atoms with Crippen LogP contribution in [0.25, 0.3) is 0 Å². The Morgan fingerprint density at radius 1 is 1.06 bits per heavy atom. The second-order valence-corrected chi connectivity index (χ2v) is 4.88.